The van der Waals surface area contributed by atoms with E-state index >= 15 is 0 Å². The molecule has 1 aliphatic heterocycles. The molecular weight excluding hydrogens is 632 g/mol. The number of aromatic nitrogens is 3. The summed E-state index contributed by atoms with van der Waals surface area (Å²) >= 11 is 0. The second-order valence-corrected chi connectivity index (χ2v) is 13.9. The van der Waals surface area contributed by atoms with Crippen molar-refractivity contribution in [2.75, 3.05) is 24.3 Å². The molecule has 248 valence electrons. The summed E-state index contributed by atoms with van der Waals surface area (Å²) in [5.41, 5.74) is 3.50. The van der Waals surface area contributed by atoms with Gasteiger partial charge in [-0.1, -0.05) is 61.6 Å². The van der Waals surface area contributed by atoms with Crippen LogP contribution in [0, 0.1) is 0 Å². The highest BCUT2D eigenvalue weighted by Gasteiger charge is 2.38. The molecule has 13 nitrogen and oxygen atoms in total. The number of nitrogens with one attached hydrogen (secondary N) is 3. The van der Waals surface area contributed by atoms with E-state index in [1.807, 2.05) is 80.1 Å². The summed E-state index contributed by atoms with van der Waals surface area (Å²) < 4.78 is 35.3. The number of urea groups is 2. The van der Waals surface area contributed by atoms with Gasteiger partial charge in [0.05, 0.1) is 30.2 Å². The maximum absolute atomic E-state index is 13.4. The molecular formula is C34H36N8O5S. The fourth-order valence-corrected chi connectivity index (χ4v) is 6.39. The lowest BCUT2D eigenvalue weighted by molar-refractivity contribution is 0.132. The van der Waals surface area contributed by atoms with E-state index in [4.69, 9.17) is 9.84 Å². The molecule has 0 spiro atoms. The third-order valence-corrected chi connectivity index (χ3v) is 9.23. The summed E-state index contributed by atoms with van der Waals surface area (Å²) in [6.45, 7) is 6.54. The van der Waals surface area contributed by atoms with Crippen LogP contribution < -0.4 is 20.1 Å². The number of anilines is 2. The first-order chi connectivity index (χ1) is 22.9. The van der Waals surface area contributed by atoms with Gasteiger partial charge in [0.2, 0.25) is 0 Å². The molecule has 1 fully saturated rings. The summed E-state index contributed by atoms with van der Waals surface area (Å²) in [5.74, 6) is 1.17. The summed E-state index contributed by atoms with van der Waals surface area (Å²) in [4.78, 5) is 29.4. The number of hydrazine groups is 1. The average molecular weight is 669 g/mol. The zero-order valence-corrected chi connectivity index (χ0v) is 27.8. The van der Waals surface area contributed by atoms with Gasteiger partial charge in [-0.15, -0.1) is 0 Å². The van der Waals surface area contributed by atoms with Crippen molar-refractivity contribution in [1.82, 2.24) is 28.9 Å². The molecule has 0 saturated carbocycles. The minimum absolute atomic E-state index is 0.0414. The van der Waals surface area contributed by atoms with Crippen LogP contribution in [0.5, 0.6) is 5.75 Å². The van der Waals surface area contributed by atoms with Gasteiger partial charge in [0.25, 0.3) is 0 Å². The quantitative estimate of drug-likeness (QED) is 0.185. The fraction of sp³-hybridized carbons (Fsp3) is 0.235. The molecule has 0 atom stereocenters. The summed E-state index contributed by atoms with van der Waals surface area (Å²) in [5, 5.41) is 13.4. The Bertz CT molecular complexity index is 2080. The molecule has 6 rings (SSSR count). The number of pyridine rings is 1. The fourth-order valence-electron chi connectivity index (χ4n) is 5.22. The Morgan fingerprint density at radius 2 is 1.62 bits per heavy atom. The monoisotopic (exact) mass is 668 g/mol. The van der Waals surface area contributed by atoms with E-state index in [9.17, 15) is 18.0 Å². The van der Waals surface area contributed by atoms with E-state index in [-0.39, 0.29) is 12.0 Å². The van der Waals surface area contributed by atoms with Crippen molar-refractivity contribution in [2.45, 2.75) is 39.2 Å². The van der Waals surface area contributed by atoms with Crippen LogP contribution >= 0.6 is 0 Å². The summed E-state index contributed by atoms with van der Waals surface area (Å²) in [7, 11) is -2.58. The molecule has 1 aliphatic rings. The smallest absolute Gasteiger partial charge is 0.347 e. The Kier molecular flexibility index (Phi) is 8.77. The van der Waals surface area contributed by atoms with Crippen LogP contribution in [0.25, 0.3) is 16.5 Å². The molecule has 2 aromatic heterocycles. The summed E-state index contributed by atoms with van der Waals surface area (Å²) in [6.07, 6.45) is 4.26. The number of hydrogen-bond acceptors (Lipinski definition) is 7. The maximum atomic E-state index is 13.4. The van der Waals surface area contributed by atoms with Crippen molar-refractivity contribution in [3.63, 3.8) is 0 Å². The van der Waals surface area contributed by atoms with E-state index < -0.39 is 22.3 Å². The molecule has 0 radical (unpaired) electrons. The molecule has 5 aromatic rings. The van der Waals surface area contributed by atoms with Crippen molar-refractivity contribution in [1.29, 1.82) is 0 Å². The number of ether oxygens (including phenoxy) is 1. The average Bonchev–Trinajstić information content (AvgIpc) is 3.56. The number of hydrogen-bond donors (Lipinski definition) is 3. The first-order valence-corrected chi connectivity index (χ1v) is 16.7. The van der Waals surface area contributed by atoms with Crippen molar-refractivity contribution in [3.05, 3.63) is 108 Å². The number of carbonyl (C=O) groups excluding carboxylic acids is 2. The normalized spacial score (nSPS) is 14.6. The van der Waals surface area contributed by atoms with Gasteiger partial charge in [-0.25, -0.2) is 24.0 Å². The van der Waals surface area contributed by atoms with Crippen LogP contribution in [0.4, 0.5) is 21.1 Å². The van der Waals surface area contributed by atoms with E-state index in [1.165, 1.54) is 7.05 Å². The predicted molar refractivity (Wildman–Crippen MR) is 183 cm³/mol. The molecule has 48 heavy (non-hydrogen) atoms. The SMILES string of the molecule is CN1C(=O)NS(=O)(=O)N1Cc1ccc(-n2nc(C(C)(C)C)cc2NC(=O)Nc2ccc(OCCc3ccncc3)c3ccccc23)cc1. The van der Waals surface area contributed by atoms with Crippen LogP contribution in [-0.2, 0) is 28.6 Å². The number of nitrogens with zero attached hydrogens (tertiary/aromatic N) is 5. The van der Waals surface area contributed by atoms with Gasteiger partial charge in [0.15, 0.2) is 0 Å². The van der Waals surface area contributed by atoms with Crippen LogP contribution in [0.15, 0.2) is 91.3 Å². The van der Waals surface area contributed by atoms with Crippen LogP contribution in [0.3, 0.4) is 0 Å². The topological polar surface area (TPSA) is 151 Å². The molecule has 1 saturated heterocycles. The van der Waals surface area contributed by atoms with Crippen molar-refractivity contribution in [3.8, 4) is 11.4 Å². The minimum atomic E-state index is -3.96. The van der Waals surface area contributed by atoms with Crippen molar-refractivity contribution >= 4 is 44.5 Å². The Balaban J connectivity index is 1.20. The van der Waals surface area contributed by atoms with Crippen molar-refractivity contribution in [2.24, 2.45) is 0 Å². The third kappa shape index (κ3) is 6.94. The van der Waals surface area contributed by atoms with E-state index in [1.54, 1.807) is 41.3 Å². The van der Waals surface area contributed by atoms with Crippen LogP contribution in [0.1, 0.15) is 37.6 Å². The largest absolute Gasteiger partial charge is 0.493 e. The molecule has 3 heterocycles. The van der Waals surface area contributed by atoms with Gasteiger partial charge >= 0.3 is 22.3 Å². The van der Waals surface area contributed by atoms with Gasteiger partial charge in [0.1, 0.15) is 11.6 Å². The van der Waals surface area contributed by atoms with Gasteiger partial charge in [0, 0.05) is 48.1 Å². The van der Waals surface area contributed by atoms with Gasteiger partial charge in [-0.05, 0) is 47.5 Å². The van der Waals surface area contributed by atoms with Gasteiger partial charge in [-0.3, -0.25) is 10.3 Å². The molecule has 0 aliphatic carbocycles. The number of rotatable bonds is 9. The summed E-state index contributed by atoms with van der Waals surface area (Å²) in [6, 6.07) is 23.0. The highest BCUT2D eigenvalue weighted by Crippen LogP contribution is 2.32. The number of carbonyl (C=O) groups is 2. The first-order valence-electron chi connectivity index (χ1n) is 15.3. The molecule has 14 heteroatoms. The Morgan fingerprint density at radius 1 is 0.917 bits per heavy atom. The third-order valence-electron chi connectivity index (χ3n) is 7.87. The number of amides is 4. The lowest BCUT2D eigenvalue weighted by Gasteiger charge is -2.20. The second kappa shape index (κ2) is 13.0. The standard InChI is InChI=1S/C34H36N8O5S/c1-34(2,3)30-21-31(42(38-30)25-11-9-24(10-12-25)22-41-40(4)33(44)39-48(41,45)46)37-32(43)36-28-13-14-29(27-8-6-5-7-26(27)28)47-20-17-23-15-18-35-19-16-23/h5-16,18-19,21H,17,20,22H2,1-4H3,(H,39,44)(H2,36,37,43). The lowest BCUT2D eigenvalue weighted by atomic mass is 9.92. The minimum Gasteiger partial charge on any atom is -0.493 e. The van der Waals surface area contributed by atoms with E-state index in [2.05, 4.69) is 15.6 Å². The molecule has 0 unspecified atom stereocenters. The number of fused-ring (bicyclic) bond motifs is 1. The maximum Gasteiger partial charge on any atom is 0.347 e. The Labute approximate surface area is 278 Å². The highest BCUT2D eigenvalue weighted by atomic mass is 32.2. The van der Waals surface area contributed by atoms with Crippen molar-refractivity contribution < 1.29 is 22.7 Å². The van der Waals surface area contributed by atoms with E-state index in [0.717, 1.165) is 43.6 Å². The lowest BCUT2D eigenvalue weighted by Crippen LogP contribution is -2.36. The zero-order valence-electron chi connectivity index (χ0n) is 27.0. The molecule has 0 bridgehead atoms. The van der Waals surface area contributed by atoms with Gasteiger partial charge in [-0.2, -0.15) is 13.5 Å². The Hall–Kier alpha value is -5.47. The van der Waals surface area contributed by atoms with Gasteiger partial charge < -0.3 is 10.1 Å². The molecule has 3 N–H and O–H groups in total. The Morgan fingerprint density at radius 3 is 2.29 bits per heavy atom. The molecule has 3 aromatic carbocycles. The number of benzene rings is 3. The van der Waals surface area contributed by atoms with Crippen LogP contribution in [-0.4, -0.2) is 58.3 Å². The van der Waals surface area contributed by atoms with E-state index in [0.29, 0.717) is 29.4 Å². The second-order valence-electron chi connectivity index (χ2n) is 12.3. The predicted octanol–water partition coefficient (Wildman–Crippen LogP) is 5.60. The highest BCUT2D eigenvalue weighted by molar-refractivity contribution is 7.88. The first kappa shape index (κ1) is 32.5. The van der Waals surface area contributed by atoms with Crippen LogP contribution in [0.2, 0.25) is 0 Å². The molecule has 4 amide bonds. The zero-order chi connectivity index (χ0) is 34.1.